The molecule has 5 atom stereocenters. The molecule has 0 saturated carbocycles. The number of carbonyl (C=O) groups is 4. The van der Waals surface area contributed by atoms with Crippen LogP contribution in [0.3, 0.4) is 0 Å². The molecule has 0 aromatic rings. The van der Waals surface area contributed by atoms with Crippen molar-refractivity contribution in [2.24, 2.45) is 0 Å². The number of hydrogen-bond donors (Lipinski definition) is 3. The second-order valence-corrected chi connectivity index (χ2v) is 29.1. The molecule has 0 heterocycles. The number of rotatable bonds is 74. The van der Waals surface area contributed by atoms with E-state index in [1.54, 1.807) is 0 Å². The van der Waals surface area contributed by atoms with Gasteiger partial charge in [-0.25, -0.2) is 9.13 Å². The standard InChI is InChI=1S/C85H142O17P2/c1-5-9-13-17-21-25-29-33-36-38-39-41-43-47-50-54-58-62-66-70-83(88)96-76-81(102-85(90)72-68-64-60-56-52-48-44-40-37-34-30-26-22-18-14-10-6-2)78-100-104(93,94)98-74-79(86)73-97-103(91,92)99-77-80(101-84(89)71-67-63-59-55-51-45-32-28-24-20-16-12-8-4)75-95-82(87)69-65-61-57-53-49-46-42-35-31-27-23-19-15-11-7-3/h9-10,13-14,21-23,25-28,32-37,39,41-42,44,48,56,60,79-81,86H,5-8,11-12,15-20,24,29-31,38,40,43,45-47,49-55,57-59,61-78H2,1-4H3,(H,91,92)(H,93,94)/b13-9-,14-10-,25-21-,26-22-,27-23-,32-28-,36-33-,37-34-,41-39-,42-35-,48-44-,60-56-. The van der Waals surface area contributed by atoms with Gasteiger partial charge in [0.1, 0.15) is 19.3 Å². The summed E-state index contributed by atoms with van der Waals surface area (Å²) in [5.41, 5.74) is 0. The number of phosphoric acid groups is 2. The maximum Gasteiger partial charge on any atom is 0.472 e. The van der Waals surface area contributed by atoms with Gasteiger partial charge in [-0.2, -0.15) is 0 Å². The van der Waals surface area contributed by atoms with Crippen molar-refractivity contribution in [2.45, 2.75) is 329 Å². The smallest absolute Gasteiger partial charge is 0.462 e. The molecular weight excluding hydrogens is 1350 g/mol. The van der Waals surface area contributed by atoms with Crippen molar-refractivity contribution >= 4 is 39.5 Å². The normalized spacial score (nSPS) is 14.6. The number of unbranched alkanes of at least 4 members (excludes halogenated alkanes) is 24. The first-order chi connectivity index (χ1) is 50.7. The molecule has 0 aliphatic heterocycles. The van der Waals surface area contributed by atoms with Crippen LogP contribution in [0.15, 0.2) is 146 Å². The zero-order chi connectivity index (χ0) is 76.0. The van der Waals surface area contributed by atoms with Gasteiger partial charge in [0.2, 0.25) is 0 Å². The molecule has 0 saturated heterocycles. The van der Waals surface area contributed by atoms with E-state index in [2.05, 4.69) is 161 Å². The summed E-state index contributed by atoms with van der Waals surface area (Å²) in [7, 11) is -9.99. The van der Waals surface area contributed by atoms with Crippen LogP contribution >= 0.6 is 15.6 Å². The van der Waals surface area contributed by atoms with Crippen molar-refractivity contribution in [3.8, 4) is 0 Å². The fourth-order valence-electron chi connectivity index (χ4n) is 10.2. The average Bonchev–Trinajstić information content (AvgIpc) is 0.917. The lowest BCUT2D eigenvalue weighted by Gasteiger charge is -2.21. The van der Waals surface area contributed by atoms with Crippen molar-refractivity contribution in [2.75, 3.05) is 39.6 Å². The van der Waals surface area contributed by atoms with E-state index in [1.807, 2.05) is 12.2 Å². The van der Waals surface area contributed by atoms with E-state index < -0.39 is 97.5 Å². The first kappa shape index (κ1) is 98.9. The molecule has 594 valence electrons. The van der Waals surface area contributed by atoms with E-state index in [0.29, 0.717) is 32.1 Å². The lowest BCUT2D eigenvalue weighted by molar-refractivity contribution is -0.161. The van der Waals surface area contributed by atoms with Gasteiger partial charge < -0.3 is 33.8 Å². The second-order valence-electron chi connectivity index (χ2n) is 26.2. The van der Waals surface area contributed by atoms with Crippen LogP contribution in [0.25, 0.3) is 0 Å². The van der Waals surface area contributed by atoms with Gasteiger partial charge in [0, 0.05) is 25.7 Å². The minimum atomic E-state index is -5.00. The Morgan fingerprint density at radius 2 is 0.510 bits per heavy atom. The maximum absolute atomic E-state index is 13.1. The Kier molecular flexibility index (Phi) is 72.4. The van der Waals surface area contributed by atoms with Crippen molar-refractivity contribution in [1.82, 2.24) is 0 Å². The molecule has 0 radical (unpaired) electrons. The van der Waals surface area contributed by atoms with E-state index in [0.717, 1.165) is 180 Å². The number of phosphoric ester groups is 2. The number of aliphatic hydroxyl groups excluding tert-OH is 1. The molecule has 0 aliphatic rings. The molecule has 5 unspecified atom stereocenters. The third-order valence-corrected chi connectivity index (χ3v) is 18.2. The number of allylic oxidation sites excluding steroid dienone is 24. The highest BCUT2D eigenvalue weighted by Gasteiger charge is 2.30. The number of hydrogen-bond acceptors (Lipinski definition) is 15. The highest BCUT2D eigenvalue weighted by Crippen LogP contribution is 2.45. The largest absolute Gasteiger partial charge is 0.472 e. The van der Waals surface area contributed by atoms with Crippen LogP contribution in [0.4, 0.5) is 0 Å². The Bertz CT molecular complexity index is 2540. The Morgan fingerprint density at radius 3 is 0.837 bits per heavy atom. The topological polar surface area (TPSA) is 237 Å². The summed E-state index contributed by atoms with van der Waals surface area (Å²) in [5.74, 6) is -2.28. The molecular formula is C85H142O17P2. The first-order valence-corrected chi connectivity index (χ1v) is 43.1. The maximum atomic E-state index is 13.1. The van der Waals surface area contributed by atoms with Crippen molar-refractivity contribution in [3.63, 3.8) is 0 Å². The van der Waals surface area contributed by atoms with Gasteiger partial charge in [0.05, 0.1) is 26.4 Å². The zero-order valence-electron chi connectivity index (χ0n) is 64.9. The third kappa shape index (κ3) is 75.2. The predicted octanol–water partition coefficient (Wildman–Crippen LogP) is 23.4. The van der Waals surface area contributed by atoms with Crippen LogP contribution in [-0.4, -0.2) is 96.7 Å². The summed E-state index contributed by atoms with van der Waals surface area (Å²) in [6, 6.07) is 0. The molecule has 0 amide bonds. The highest BCUT2D eigenvalue weighted by atomic mass is 31.2. The fourth-order valence-corrected chi connectivity index (χ4v) is 11.8. The van der Waals surface area contributed by atoms with Crippen LogP contribution in [-0.2, 0) is 65.4 Å². The van der Waals surface area contributed by atoms with E-state index in [-0.39, 0.29) is 25.7 Å². The summed E-state index contributed by atoms with van der Waals surface area (Å²) >= 11 is 0. The van der Waals surface area contributed by atoms with Crippen LogP contribution in [0, 0.1) is 0 Å². The minimum absolute atomic E-state index is 0.00859. The summed E-state index contributed by atoms with van der Waals surface area (Å²) in [4.78, 5) is 73.0. The number of aliphatic hydroxyl groups is 1. The molecule has 17 nitrogen and oxygen atoms in total. The van der Waals surface area contributed by atoms with Crippen molar-refractivity contribution in [3.05, 3.63) is 146 Å². The Balaban J connectivity index is 5.44. The molecule has 0 aromatic heterocycles. The lowest BCUT2D eigenvalue weighted by Crippen LogP contribution is -2.30. The van der Waals surface area contributed by atoms with Gasteiger partial charge in [0.15, 0.2) is 12.2 Å². The first-order valence-electron chi connectivity index (χ1n) is 40.1. The van der Waals surface area contributed by atoms with Gasteiger partial charge in [0.25, 0.3) is 0 Å². The fraction of sp³-hybridized carbons (Fsp3) is 0.671. The van der Waals surface area contributed by atoms with Gasteiger partial charge >= 0.3 is 39.5 Å². The summed E-state index contributed by atoms with van der Waals surface area (Å²) in [6.45, 7) is 4.50. The average molecular weight is 1500 g/mol. The number of esters is 4. The predicted molar refractivity (Wildman–Crippen MR) is 427 cm³/mol. The quantitative estimate of drug-likeness (QED) is 0.0169. The number of carbonyl (C=O) groups excluding carboxylic acids is 4. The molecule has 104 heavy (non-hydrogen) atoms. The van der Waals surface area contributed by atoms with Crippen molar-refractivity contribution < 1.29 is 80.2 Å². The molecule has 0 fully saturated rings. The van der Waals surface area contributed by atoms with Crippen LogP contribution in [0.2, 0.25) is 0 Å². The Labute approximate surface area is 630 Å². The zero-order valence-corrected chi connectivity index (χ0v) is 66.7. The summed E-state index contributed by atoms with van der Waals surface area (Å²) in [6.07, 6.45) is 86.9. The molecule has 0 aromatic carbocycles. The molecule has 3 N–H and O–H groups in total. The third-order valence-electron chi connectivity index (χ3n) is 16.3. The highest BCUT2D eigenvalue weighted by molar-refractivity contribution is 7.47. The van der Waals surface area contributed by atoms with Crippen LogP contribution < -0.4 is 0 Å². The number of ether oxygens (including phenoxy) is 4. The van der Waals surface area contributed by atoms with Gasteiger partial charge in [-0.3, -0.25) is 37.3 Å². The molecule has 0 aliphatic carbocycles. The van der Waals surface area contributed by atoms with Gasteiger partial charge in [-0.15, -0.1) is 0 Å². The Morgan fingerprint density at radius 1 is 0.279 bits per heavy atom. The second kappa shape index (κ2) is 76.1. The van der Waals surface area contributed by atoms with E-state index >= 15 is 0 Å². The van der Waals surface area contributed by atoms with E-state index in [4.69, 9.17) is 37.0 Å². The van der Waals surface area contributed by atoms with Crippen LogP contribution in [0.1, 0.15) is 310 Å². The molecule has 0 spiro atoms. The summed E-state index contributed by atoms with van der Waals surface area (Å²) in [5, 5.41) is 10.6. The summed E-state index contributed by atoms with van der Waals surface area (Å²) < 4.78 is 68.5. The Hall–Kier alpha value is -5.06. The van der Waals surface area contributed by atoms with E-state index in [9.17, 15) is 43.2 Å². The van der Waals surface area contributed by atoms with E-state index in [1.165, 1.54) is 44.9 Å². The van der Waals surface area contributed by atoms with Crippen molar-refractivity contribution in [1.29, 1.82) is 0 Å². The van der Waals surface area contributed by atoms with Gasteiger partial charge in [-0.05, 0) is 161 Å². The minimum Gasteiger partial charge on any atom is -0.462 e. The monoisotopic (exact) mass is 1500 g/mol. The van der Waals surface area contributed by atoms with Crippen LogP contribution in [0.5, 0.6) is 0 Å². The molecule has 0 bridgehead atoms. The SMILES string of the molecule is CC/C=C\C/C=C\C/C=C\C/C=C\C/C=C\CCCC(=O)OC(COC(=O)CCCCCCCC/C=C\C/C=C\C/C=C\C/C=C\CC)COP(=O)(O)OCC(O)COP(=O)(O)OCC(COC(=O)CCCCCCC/C=C\C/C=C\CCCCC)OC(=O)CCCCCCC/C=C\CCCCCC. The molecule has 19 heteroatoms. The van der Waals surface area contributed by atoms with Gasteiger partial charge in [-0.1, -0.05) is 270 Å². The lowest BCUT2D eigenvalue weighted by atomic mass is 10.1. The molecule has 0 rings (SSSR count).